The summed E-state index contributed by atoms with van der Waals surface area (Å²) >= 11 is 0. The van der Waals surface area contributed by atoms with Gasteiger partial charge in [0.15, 0.2) is 11.6 Å². The van der Waals surface area contributed by atoms with Gasteiger partial charge in [0.25, 0.3) is 0 Å². The van der Waals surface area contributed by atoms with E-state index in [0.717, 1.165) is 12.1 Å². The summed E-state index contributed by atoms with van der Waals surface area (Å²) in [6.45, 7) is -0.530. The molecule has 3 aromatic carbocycles. The number of anilines is 2. The van der Waals surface area contributed by atoms with Crippen molar-refractivity contribution < 1.29 is 27.5 Å². The van der Waals surface area contributed by atoms with Crippen molar-refractivity contribution >= 4 is 23.2 Å². The zero-order valence-electron chi connectivity index (χ0n) is 16.0. The molecular formula is C23H15F3N2O3. The Labute approximate surface area is 175 Å². The second kappa shape index (κ2) is 6.87. The molecular weight excluding hydrogens is 409 g/mol. The summed E-state index contributed by atoms with van der Waals surface area (Å²) in [7, 11) is 0. The van der Waals surface area contributed by atoms with E-state index in [2.05, 4.69) is 5.32 Å². The molecule has 2 amide bonds. The molecule has 0 radical (unpaired) electrons. The third-order valence-corrected chi connectivity index (χ3v) is 5.64. The number of fused-ring (bicyclic) bond motifs is 4. The molecule has 0 aliphatic carbocycles. The number of halogens is 3. The largest absolute Gasteiger partial charge is 0.491 e. The van der Waals surface area contributed by atoms with Gasteiger partial charge in [-0.15, -0.1) is 0 Å². The van der Waals surface area contributed by atoms with E-state index in [0.29, 0.717) is 11.3 Å². The zero-order chi connectivity index (χ0) is 21.8. The predicted molar refractivity (Wildman–Crippen MR) is 106 cm³/mol. The van der Waals surface area contributed by atoms with Crippen molar-refractivity contribution in [1.29, 1.82) is 0 Å². The molecule has 3 aromatic rings. The highest BCUT2D eigenvalue weighted by Gasteiger charge is 2.57. The number of carbonyl (C=O) groups is 2. The fraction of sp³-hybridized carbons (Fsp3) is 0.130. The van der Waals surface area contributed by atoms with E-state index >= 15 is 0 Å². The summed E-state index contributed by atoms with van der Waals surface area (Å²) in [6.07, 6.45) is 0. The third-order valence-electron chi connectivity index (χ3n) is 5.64. The van der Waals surface area contributed by atoms with Crippen molar-refractivity contribution in [3.05, 3.63) is 89.2 Å². The van der Waals surface area contributed by atoms with Crippen LogP contribution >= 0.6 is 0 Å². The first-order valence-corrected chi connectivity index (χ1v) is 9.50. The van der Waals surface area contributed by atoms with Crippen molar-refractivity contribution in [3.8, 4) is 5.75 Å². The van der Waals surface area contributed by atoms with Crippen LogP contribution in [-0.2, 0) is 15.0 Å². The molecule has 0 saturated carbocycles. The first-order chi connectivity index (χ1) is 14.9. The van der Waals surface area contributed by atoms with Crippen LogP contribution in [0.4, 0.5) is 24.5 Å². The standard InChI is InChI=1S/C23H15F3N2O3/c24-15-6-2-3-7-18(15)27-21(29)11-28-19-8-4-1-5-13(19)23(22(28)30)12-31-20-10-17(26)16(25)9-14(20)23/h1-10H,11-12H2,(H,27,29). The Kier molecular flexibility index (Phi) is 4.25. The van der Waals surface area contributed by atoms with Crippen LogP contribution in [0.1, 0.15) is 11.1 Å². The topological polar surface area (TPSA) is 58.6 Å². The lowest BCUT2D eigenvalue weighted by molar-refractivity contribution is -0.124. The lowest BCUT2D eigenvalue weighted by Crippen LogP contribution is -2.45. The van der Waals surface area contributed by atoms with Crippen LogP contribution in [0.15, 0.2) is 60.7 Å². The highest BCUT2D eigenvalue weighted by atomic mass is 19.2. The highest BCUT2D eigenvalue weighted by molar-refractivity contribution is 6.14. The quantitative estimate of drug-likeness (QED) is 0.697. The summed E-state index contributed by atoms with van der Waals surface area (Å²) in [4.78, 5) is 27.4. The molecule has 1 atom stereocenters. The Morgan fingerprint density at radius 3 is 2.48 bits per heavy atom. The molecule has 0 fully saturated rings. The molecule has 1 N–H and O–H groups in total. The molecule has 2 heterocycles. The van der Waals surface area contributed by atoms with Gasteiger partial charge in [0.1, 0.15) is 30.1 Å². The highest BCUT2D eigenvalue weighted by Crippen LogP contribution is 2.52. The molecule has 1 unspecified atom stereocenters. The van der Waals surface area contributed by atoms with Gasteiger partial charge < -0.3 is 15.0 Å². The summed E-state index contributed by atoms with van der Waals surface area (Å²) in [5, 5.41) is 2.45. The first kappa shape index (κ1) is 19.2. The van der Waals surface area contributed by atoms with Crippen LogP contribution in [0.3, 0.4) is 0 Å². The van der Waals surface area contributed by atoms with Crippen LogP contribution in [0.5, 0.6) is 5.75 Å². The van der Waals surface area contributed by atoms with E-state index in [1.165, 1.54) is 23.1 Å². The molecule has 2 aliphatic rings. The molecule has 5 nitrogen and oxygen atoms in total. The van der Waals surface area contributed by atoms with Crippen LogP contribution < -0.4 is 15.0 Å². The van der Waals surface area contributed by atoms with Crippen LogP contribution in [0.2, 0.25) is 0 Å². The van der Waals surface area contributed by atoms with Gasteiger partial charge in [-0.3, -0.25) is 9.59 Å². The lowest BCUT2D eigenvalue weighted by Gasteiger charge is -2.23. The summed E-state index contributed by atoms with van der Waals surface area (Å²) in [6, 6.07) is 14.4. The number of para-hydroxylation sites is 2. The number of benzene rings is 3. The van der Waals surface area contributed by atoms with Crippen molar-refractivity contribution in [2.24, 2.45) is 0 Å². The Bertz CT molecular complexity index is 1250. The minimum absolute atomic E-state index is 0.00534. The van der Waals surface area contributed by atoms with E-state index in [1.54, 1.807) is 30.3 Å². The molecule has 31 heavy (non-hydrogen) atoms. The average molecular weight is 424 g/mol. The van der Waals surface area contributed by atoms with Gasteiger partial charge in [-0.1, -0.05) is 30.3 Å². The van der Waals surface area contributed by atoms with Gasteiger partial charge in [0.2, 0.25) is 11.8 Å². The van der Waals surface area contributed by atoms with Crippen molar-refractivity contribution in [3.63, 3.8) is 0 Å². The van der Waals surface area contributed by atoms with E-state index < -0.39 is 34.7 Å². The van der Waals surface area contributed by atoms with Crippen molar-refractivity contribution in [2.75, 3.05) is 23.4 Å². The first-order valence-electron chi connectivity index (χ1n) is 9.50. The van der Waals surface area contributed by atoms with Crippen molar-refractivity contribution in [2.45, 2.75) is 5.41 Å². The minimum atomic E-state index is -1.39. The van der Waals surface area contributed by atoms with Crippen LogP contribution in [0, 0.1) is 17.5 Å². The Morgan fingerprint density at radius 1 is 0.968 bits per heavy atom. The molecule has 8 heteroatoms. The van der Waals surface area contributed by atoms with E-state index in [1.807, 2.05) is 0 Å². The third kappa shape index (κ3) is 2.78. The molecule has 0 aromatic heterocycles. The van der Waals surface area contributed by atoms with Crippen LogP contribution in [-0.4, -0.2) is 25.0 Å². The number of hydrogen-bond acceptors (Lipinski definition) is 3. The minimum Gasteiger partial charge on any atom is -0.491 e. The Balaban J connectivity index is 1.53. The van der Waals surface area contributed by atoms with Gasteiger partial charge in [-0.2, -0.15) is 0 Å². The maximum atomic E-state index is 14.0. The summed E-state index contributed by atoms with van der Waals surface area (Å²) in [5.74, 6) is -3.78. The molecule has 156 valence electrons. The van der Waals surface area contributed by atoms with Gasteiger partial charge in [-0.25, -0.2) is 13.2 Å². The molecule has 5 rings (SSSR count). The second-order valence-electron chi connectivity index (χ2n) is 7.39. The normalized spacial score (nSPS) is 18.7. The second-order valence-corrected chi connectivity index (χ2v) is 7.39. The van der Waals surface area contributed by atoms with Crippen LogP contribution in [0.25, 0.3) is 0 Å². The summed E-state index contributed by atoms with van der Waals surface area (Å²) < 4.78 is 47.2. The monoisotopic (exact) mass is 424 g/mol. The smallest absolute Gasteiger partial charge is 0.246 e. The lowest BCUT2D eigenvalue weighted by atomic mass is 9.77. The molecule has 0 saturated heterocycles. The number of nitrogens with one attached hydrogen (secondary N) is 1. The molecule has 0 bridgehead atoms. The average Bonchev–Trinajstić information content (AvgIpc) is 3.23. The number of amides is 2. The number of rotatable bonds is 3. The van der Waals surface area contributed by atoms with Gasteiger partial charge in [0.05, 0.1) is 5.69 Å². The van der Waals surface area contributed by atoms with Crippen molar-refractivity contribution in [1.82, 2.24) is 0 Å². The maximum absolute atomic E-state index is 14.0. The molecule has 2 aliphatic heterocycles. The Morgan fingerprint density at radius 2 is 1.68 bits per heavy atom. The number of hydrogen-bond donors (Lipinski definition) is 1. The SMILES string of the molecule is O=C(CN1C(=O)C2(COc3cc(F)c(F)cc32)c2ccccc21)Nc1ccccc1F. The van der Waals surface area contributed by atoms with Gasteiger partial charge >= 0.3 is 0 Å². The summed E-state index contributed by atoms with van der Waals surface area (Å²) in [5.41, 5.74) is -0.199. The zero-order valence-corrected chi connectivity index (χ0v) is 16.0. The number of ether oxygens (including phenoxy) is 1. The number of nitrogens with zero attached hydrogens (tertiary/aromatic N) is 1. The fourth-order valence-corrected chi connectivity index (χ4v) is 4.22. The Hall–Kier alpha value is -3.81. The van der Waals surface area contributed by atoms with E-state index in [9.17, 15) is 22.8 Å². The van der Waals surface area contributed by atoms with E-state index in [4.69, 9.17) is 4.74 Å². The fourth-order valence-electron chi connectivity index (χ4n) is 4.22. The maximum Gasteiger partial charge on any atom is 0.246 e. The number of carbonyl (C=O) groups excluding carboxylic acids is 2. The predicted octanol–water partition coefficient (Wildman–Crippen LogP) is 3.77. The van der Waals surface area contributed by atoms with E-state index in [-0.39, 0.29) is 30.2 Å². The van der Waals surface area contributed by atoms with Gasteiger partial charge in [-0.05, 0) is 29.8 Å². The van der Waals surface area contributed by atoms with Gasteiger partial charge in [0, 0.05) is 17.3 Å². The molecule has 1 spiro atoms.